The molecule has 1 heterocycles. The average Bonchev–Trinajstić information content (AvgIpc) is 2.60. The molecule has 0 aliphatic carbocycles. The first kappa shape index (κ1) is 17.4. The summed E-state index contributed by atoms with van der Waals surface area (Å²) in [5.74, 6) is 0.638. The summed E-state index contributed by atoms with van der Waals surface area (Å²) in [6, 6.07) is 6.35. The van der Waals surface area contributed by atoms with Gasteiger partial charge in [0.2, 0.25) is 5.13 Å². The molecule has 2 aromatic rings. The number of methoxy groups -OCH3 is 3. The van der Waals surface area contributed by atoms with Gasteiger partial charge in [-0.15, -0.1) is 0 Å². The van der Waals surface area contributed by atoms with Gasteiger partial charge in [-0.3, -0.25) is 10.2 Å². The van der Waals surface area contributed by atoms with E-state index < -0.39 is 11.5 Å². The molecule has 0 saturated heterocycles. The molecule has 0 fully saturated rings. The molecular formula is C15H15N3O5S. The second-order valence-electron chi connectivity index (χ2n) is 4.34. The van der Waals surface area contributed by atoms with Gasteiger partial charge in [-0.05, 0) is 18.2 Å². The highest BCUT2D eigenvalue weighted by Crippen LogP contribution is 2.22. The minimum Gasteiger partial charge on any atom is -0.497 e. The first-order valence-corrected chi connectivity index (χ1v) is 7.50. The van der Waals surface area contributed by atoms with Gasteiger partial charge in [-0.1, -0.05) is 11.3 Å². The Labute approximate surface area is 141 Å². The number of aromatic nitrogens is 1. The zero-order valence-electron chi connectivity index (χ0n) is 13.2. The summed E-state index contributed by atoms with van der Waals surface area (Å²) in [5, 5.41) is 4.18. The fourth-order valence-corrected chi connectivity index (χ4v) is 2.52. The van der Waals surface area contributed by atoms with E-state index in [-0.39, 0.29) is 10.0 Å². The lowest BCUT2D eigenvalue weighted by molar-refractivity contribution is 0.0606. The van der Waals surface area contributed by atoms with E-state index in [9.17, 15) is 9.59 Å². The number of benzene rings is 1. The van der Waals surface area contributed by atoms with Crippen LogP contribution in [0.1, 0.15) is 15.2 Å². The first-order valence-electron chi connectivity index (χ1n) is 6.69. The third kappa shape index (κ3) is 4.29. The fourth-order valence-electron chi connectivity index (χ4n) is 1.75. The number of rotatable bonds is 6. The topological polar surface area (TPSA) is 99.1 Å². The standard InChI is InChI=1S/C15H15N3O5S/c1-21-10-4-5-11(22-2)9(6-10)8-16-18-15-17-13(19)7-12(24-15)14(20)23-3/h4-8H,1-3H3,(H,17,18,19)/b16-8-. The van der Waals surface area contributed by atoms with Crippen molar-refractivity contribution in [2.75, 3.05) is 26.8 Å². The van der Waals surface area contributed by atoms with E-state index in [1.807, 2.05) is 0 Å². The van der Waals surface area contributed by atoms with Gasteiger partial charge in [0.15, 0.2) is 0 Å². The number of carbonyl (C=O) groups is 1. The van der Waals surface area contributed by atoms with E-state index >= 15 is 0 Å². The summed E-state index contributed by atoms with van der Waals surface area (Å²) in [4.78, 5) is 26.9. The van der Waals surface area contributed by atoms with Crippen LogP contribution in [0.25, 0.3) is 0 Å². The van der Waals surface area contributed by atoms with Gasteiger partial charge in [0.25, 0.3) is 5.56 Å². The van der Waals surface area contributed by atoms with Crippen molar-refractivity contribution >= 4 is 28.7 Å². The third-order valence-electron chi connectivity index (χ3n) is 2.86. The van der Waals surface area contributed by atoms with Gasteiger partial charge in [-0.25, -0.2) is 4.79 Å². The lowest BCUT2D eigenvalue weighted by atomic mass is 10.2. The molecule has 126 valence electrons. The quantitative estimate of drug-likeness (QED) is 0.482. The number of hydrogen-bond donors (Lipinski definition) is 1. The molecule has 1 aromatic heterocycles. The molecule has 0 atom stereocenters. The molecule has 0 aliphatic heterocycles. The smallest absolute Gasteiger partial charge is 0.348 e. The highest BCUT2D eigenvalue weighted by molar-refractivity contribution is 7.17. The van der Waals surface area contributed by atoms with E-state index in [0.717, 1.165) is 17.4 Å². The van der Waals surface area contributed by atoms with Crippen molar-refractivity contribution in [1.29, 1.82) is 0 Å². The number of hydrazone groups is 1. The maximum atomic E-state index is 11.5. The SMILES string of the molecule is COC(=O)c1cc(=O)nc(N/N=C\c2cc(OC)ccc2OC)s1. The van der Waals surface area contributed by atoms with Crippen molar-refractivity contribution in [3.05, 3.63) is 45.1 Å². The molecule has 1 N–H and O–H groups in total. The summed E-state index contributed by atoms with van der Waals surface area (Å²) in [5.41, 5.74) is 2.72. The summed E-state index contributed by atoms with van der Waals surface area (Å²) in [6.07, 6.45) is 1.49. The lowest BCUT2D eigenvalue weighted by Crippen LogP contribution is -2.10. The van der Waals surface area contributed by atoms with Crippen LogP contribution in [0.3, 0.4) is 0 Å². The zero-order valence-corrected chi connectivity index (χ0v) is 14.0. The molecule has 0 radical (unpaired) electrons. The first-order chi connectivity index (χ1) is 11.6. The molecule has 0 amide bonds. The Kier molecular flexibility index (Phi) is 5.85. The van der Waals surface area contributed by atoms with Gasteiger partial charge >= 0.3 is 5.97 Å². The van der Waals surface area contributed by atoms with E-state index in [4.69, 9.17) is 9.47 Å². The van der Waals surface area contributed by atoms with Crippen LogP contribution in [0, 0.1) is 0 Å². The fraction of sp³-hybridized carbons (Fsp3) is 0.200. The van der Waals surface area contributed by atoms with Gasteiger partial charge in [-0.2, -0.15) is 10.1 Å². The summed E-state index contributed by atoms with van der Waals surface area (Å²) < 4.78 is 15.0. The molecule has 0 aliphatic rings. The van der Waals surface area contributed by atoms with Crippen LogP contribution < -0.4 is 20.5 Å². The Morgan fingerprint density at radius 2 is 2.04 bits per heavy atom. The van der Waals surface area contributed by atoms with Crippen molar-refractivity contribution in [3.8, 4) is 11.5 Å². The van der Waals surface area contributed by atoms with Crippen molar-refractivity contribution in [2.24, 2.45) is 5.10 Å². The van der Waals surface area contributed by atoms with Crippen molar-refractivity contribution in [1.82, 2.24) is 4.98 Å². The Hall–Kier alpha value is -2.94. The van der Waals surface area contributed by atoms with Gasteiger partial charge < -0.3 is 14.2 Å². The average molecular weight is 349 g/mol. The van der Waals surface area contributed by atoms with Gasteiger partial charge in [0.1, 0.15) is 16.4 Å². The largest absolute Gasteiger partial charge is 0.497 e. The minimum absolute atomic E-state index is 0.133. The summed E-state index contributed by atoms with van der Waals surface area (Å²) >= 11 is 0.956. The monoisotopic (exact) mass is 349 g/mol. The van der Waals surface area contributed by atoms with E-state index in [1.54, 1.807) is 32.4 Å². The van der Waals surface area contributed by atoms with Crippen LogP contribution in [0.4, 0.5) is 5.13 Å². The molecule has 1 aromatic carbocycles. The Morgan fingerprint density at radius 1 is 1.25 bits per heavy atom. The molecular weight excluding hydrogens is 334 g/mol. The number of nitrogens with zero attached hydrogens (tertiary/aromatic N) is 2. The second-order valence-corrected chi connectivity index (χ2v) is 5.37. The summed E-state index contributed by atoms with van der Waals surface area (Å²) in [6.45, 7) is 0. The predicted octanol–water partition coefficient (Wildman–Crippen LogP) is 1.75. The highest BCUT2D eigenvalue weighted by Gasteiger charge is 2.10. The van der Waals surface area contributed by atoms with Crippen LogP contribution in [0.2, 0.25) is 0 Å². The number of hydrogen-bond acceptors (Lipinski definition) is 9. The van der Waals surface area contributed by atoms with E-state index in [0.29, 0.717) is 17.1 Å². The maximum absolute atomic E-state index is 11.5. The molecule has 0 spiro atoms. The number of carbonyl (C=O) groups excluding carboxylic acids is 1. The maximum Gasteiger partial charge on any atom is 0.348 e. The lowest BCUT2D eigenvalue weighted by Gasteiger charge is -2.06. The van der Waals surface area contributed by atoms with Crippen molar-refractivity contribution in [2.45, 2.75) is 0 Å². The normalized spacial score (nSPS) is 10.5. The van der Waals surface area contributed by atoms with Crippen LogP contribution in [0.5, 0.6) is 11.5 Å². The van der Waals surface area contributed by atoms with E-state index in [1.165, 1.54) is 13.3 Å². The molecule has 0 unspecified atom stereocenters. The zero-order chi connectivity index (χ0) is 17.5. The Morgan fingerprint density at radius 3 is 2.71 bits per heavy atom. The number of nitrogens with one attached hydrogen (secondary N) is 1. The Balaban J connectivity index is 2.22. The van der Waals surface area contributed by atoms with E-state index in [2.05, 4.69) is 20.2 Å². The van der Waals surface area contributed by atoms with Gasteiger partial charge in [0.05, 0.1) is 27.5 Å². The second kappa shape index (κ2) is 8.06. The molecule has 8 nitrogen and oxygen atoms in total. The van der Waals surface area contributed by atoms with Crippen LogP contribution in [0.15, 0.2) is 34.2 Å². The number of esters is 1. The number of ether oxygens (including phenoxy) is 3. The third-order valence-corrected chi connectivity index (χ3v) is 3.74. The molecule has 2 rings (SSSR count). The van der Waals surface area contributed by atoms with Crippen molar-refractivity contribution in [3.63, 3.8) is 0 Å². The molecule has 24 heavy (non-hydrogen) atoms. The molecule has 9 heteroatoms. The van der Waals surface area contributed by atoms with Crippen LogP contribution in [-0.2, 0) is 4.74 Å². The highest BCUT2D eigenvalue weighted by atomic mass is 32.1. The van der Waals surface area contributed by atoms with Gasteiger partial charge in [0, 0.05) is 11.6 Å². The Bertz CT molecular complexity index is 819. The number of anilines is 1. The van der Waals surface area contributed by atoms with Crippen molar-refractivity contribution < 1.29 is 19.0 Å². The predicted molar refractivity (Wildman–Crippen MR) is 90.5 cm³/mol. The summed E-state index contributed by atoms with van der Waals surface area (Å²) in [7, 11) is 4.33. The molecule has 0 bridgehead atoms. The van der Waals surface area contributed by atoms with Crippen LogP contribution in [-0.4, -0.2) is 38.5 Å². The minimum atomic E-state index is -0.610. The molecule has 0 saturated carbocycles. The van der Waals surface area contributed by atoms with Crippen LogP contribution >= 0.6 is 11.3 Å².